The first-order chi connectivity index (χ1) is 11.5. The summed E-state index contributed by atoms with van der Waals surface area (Å²) in [6.45, 7) is 3.62. The van der Waals surface area contributed by atoms with E-state index in [9.17, 15) is 9.13 Å². The third-order valence-electron chi connectivity index (χ3n) is 2.77. The number of benzene rings is 1. The van der Waals surface area contributed by atoms with Gasteiger partial charge in [0.1, 0.15) is 11.5 Å². The van der Waals surface area contributed by atoms with Crippen LogP contribution in [0.25, 0.3) is 0 Å². The lowest BCUT2D eigenvalue weighted by atomic mass is 10.00. The summed E-state index contributed by atoms with van der Waals surface area (Å²) in [6, 6.07) is 12.0. The lowest BCUT2D eigenvalue weighted by Crippen LogP contribution is -2.02. The molecule has 0 atom stereocenters. The summed E-state index contributed by atoms with van der Waals surface area (Å²) in [5.74, 6) is 0.565. The molecule has 0 aliphatic heterocycles. The van der Waals surface area contributed by atoms with Crippen LogP contribution in [0.15, 0.2) is 71.2 Å². The van der Waals surface area contributed by atoms with Crippen molar-refractivity contribution in [1.29, 1.82) is 0 Å². The zero-order chi connectivity index (χ0) is 19.1. The normalized spacial score (nSPS) is 14.6. The highest BCUT2D eigenvalue weighted by Gasteiger charge is 2.26. The second-order valence-electron chi connectivity index (χ2n) is 4.99. The van der Waals surface area contributed by atoms with Gasteiger partial charge < -0.3 is 9.05 Å². The molecule has 0 heterocycles. The minimum atomic E-state index is -3.71. The molecule has 25 heavy (non-hydrogen) atoms. The Hall–Kier alpha value is -0.340. The summed E-state index contributed by atoms with van der Waals surface area (Å²) in [7, 11) is 0. The van der Waals surface area contributed by atoms with Crippen LogP contribution >= 0.6 is 57.1 Å². The maximum Gasteiger partial charge on any atom is 0.428 e. The van der Waals surface area contributed by atoms with E-state index < -0.39 is 12.1 Å². The van der Waals surface area contributed by atoms with E-state index in [-0.39, 0.29) is 12.2 Å². The quantitative estimate of drug-likeness (QED) is 0.420. The molecule has 0 aromatic heterocycles. The van der Waals surface area contributed by atoms with Crippen LogP contribution in [0.3, 0.4) is 0 Å². The number of rotatable bonds is 4. The van der Waals surface area contributed by atoms with Crippen LogP contribution in [0.4, 0.5) is 0 Å². The average molecular weight is 464 g/mol. The maximum absolute atomic E-state index is 11.3. The average Bonchev–Trinajstić information content (AvgIpc) is 2.48. The van der Waals surface area contributed by atoms with Gasteiger partial charge in [-0.3, -0.25) is 0 Å². The summed E-state index contributed by atoms with van der Waals surface area (Å²) in [5, 5.41) is 0. The van der Waals surface area contributed by atoms with Crippen molar-refractivity contribution < 1.29 is 18.2 Å². The fraction of sp³-hybridized carbons (Fsp3) is 0.200. The van der Waals surface area contributed by atoms with Gasteiger partial charge in [-0.1, -0.05) is 42.0 Å². The summed E-state index contributed by atoms with van der Waals surface area (Å²) in [5.41, 5.74) is 1.52. The van der Waals surface area contributed by atoms with E-state index in [1.165, 1.54) is 12.2 Å². The zero-order valence-corrected chi connectivity index (χ0v) is 18.2. The molecule has 2 rings (SSSR count). The van der Waals surface area contributed by atoms with E-state index in [2.05, 4.69) is 0 Å². The minimum absolute atomic E-state index is 0.228. The van der Waals surface area contributed by atoms with Gasteiger partial charge in [0, 0.05) is 57.0 Å². The molecule has 0 saturated carbocycles. The van der Waals surface area contributed by atoms with Crippen LogP contribution in [0.1, 0.15) is 20.3 Å². The van der Waals surface area contributed by atoms with Crippen molar-refractivity contribution in [3.05, 3.63) is 71.2 Å². The standard InChI is InChI=1S/C9H10Cl4O4P2.C6H6/c1-6(2)8-5-7(16-18(10,11)14)3-4-9(8)17-19(12,13)15;1-2-4-6-5-3-1/h3-4H,5H2,1-2H3;1-6H. The molecule has 4 nitrogen and oxygen atoms in total. The van der Waals surface area contributed by atoms with Gasteiger partial charge in [0.2, 0.25) is 0 Å². The molecule has 1 aliphatic carbocycles. The van der Waals surface area contributed by atoms with Crippen LogP contribution in [-0.4, -0.2) is 0 Å². The van der Waals surface area contributed by atoms with E-state index >= 15 is 0 Å². The van der Waals surface area contributed by atoms with Gasteiger partial charge >= 0.3 is 12.1 Å². The Kier molecular flexibility index (Phi) is 9.18. The Bertz CT molecular complexity index is 732. The van der Waals surface area contributed by atoms with Gasteiger partial charge in [-0.25, -0.2) is 9.13 Å². The van der Waals surface area contributed by atoms with E-state index in [0.717, 1.165) is 5.57 Å². The van der Waals surface area contributed by atoms with Gasteiger partial charge in [0.15, 0.2) is 0 Å². The summed E-state index contributed by atoms with van der Waals surface area (Å²) in [6.07, 6.45) is -4.26. The predicted molar refractivity (Wildman–Crippen MR) is 106 cm³/mol. The molecule has 0 saturated heterocycles. The number of hydrogen-bond acceptors (Lipinski definition) is 4. The van der Waals surface area contributed by atoms with E-state index in [1.54, 1.807) is 0 Å². The molecule has 10 heteroatoms. The highest BCUT2D eigenvalue weighted by Crippen LogP contribution is 2.62. The van der Waals surface area contributed by atoms with Crippen LogP contribution in [0, 0.1) is 0 Å². The maximum atomic E-state index is 11.3. The Morgan fingerprint density at radius 3 is 1.64 bits per heavy atom. The molecule has 138 valence electrons. The topological polar surface area (TPSA) is 52.6 Å². The zero-order valence-electron chi connectivity index (χ0n) is 13.4. The van der Waals surface area contributed by atoms with Gasteiger partial charge in [-0.05, 0) is 26.0 Å². The highest BCUT2D eigenvalue weighted by molar-refractivity contribution is 8.05. The molecule has 1 aromatic carbocycles. The van der Waals surface area contributed by atoms with Crippen LogP contribution in [0.5, 0.6) is 0 Å². The Labute approximate surface area is 166 Å². The smallest absolute Gasteiger partial charge is 0.426 e. The first kappa shape index (κ1) is 22.7. The number of halogens is 4. The van der Waals surface area contributed by atoms with E-state index in [1.807, 2.05) is 50.2 Å². The van der Waals surface area contributed by atoms with Gasteiger partial charge in [-0.2, -0.15) is 0 Å². The monoisotopic (exact) mass is 462 g/mol. The Balaban J connectivity index is 0.000000435. The lowest BCUT2D eigenvalue weighted by molar-refractivity contribution is 0.399. The van der Waals surface area contributed by atoms with Crippen molar-refractivity contribution in [1.82, 2.24) is 0 Å². The second kappa shape index (κ2) is 10.1. The predicted octanol–water partition coefficient (Wildman–Crippen LogP) is 8.39. The van der Waals surface area contributed by atoms with Gasteiger partial charge in [0.25, 0.3) is 0 Å². The lowest BCUT2D eigenvalue weighted by Gasteiger charge is -2.21. The van der Waals surface area contributed by atoms with Gasteiger partial charge in [0.05, 0.1) is 0 Å². The Morgan fingerprint density at radius 1 is 0.840 bits per heavy atom. The fourth-order valence-electron chi connectivity index (χ4n) is 1.80. The summed E-state index contributed by atoms with van der Waals surface area (Å²) < 4.78 is 32.4. The van der Waals surface area contributed by atoms with Gasteiger partial charge in [-0.15, -0.1) is 0 Å². The van der Waals surface area contributed by atoms with E-state index in [0.29, 0.717) is 11.3 Å². The molecule has 0 spiro atoms. The first-order valence-electron chi connectivity index (χ1n) is 6.93. The van der Waals surface area contributed by atoms with Crippen LogP contribution in [0.2, 0.25) is 0 Å². The van der Waals surface area contributed by atoms with Crippen molar-refractivity contribution in [3.8, 4) is 0 Å². The molecular weight excluding hydrogens is 448 g/mol. The fourth-order valence-corrected chi connectivity index (χ4v) is 3.57. The number of hydrogen-bond donors (Lipinski definition) is 0. The molecular formula is C15H16Cl4O4P2. The molecule has 0 unspecified atom stereocenters. The first-order valence-corrected chi connectivity index (χ1v) is 13.8. The third kappa shape index (κ3) is 10.4. The highest BCUT2D eigenvalue weighted by atomic mass is 35.9. The van der Waals surface area contributed by atoms with E-state index in [4.69, 9.17) is 54.0 Å². The van der Waals surface area contributed by atoms with Crippen molar-refractivity contribution in [2.75, 3.05) is 0 Å². The SMILES string of the molecule is CC(C)=C1CC(OP(=O)(Cl)Cl)=CC=C1OP(=O)(Cl)Cl.c1ccccc1. The summed E-state index contributed by atoms with van der Waals surface area (Å²) in [4.78, 5) is 0. The minimum Gasteiger partial charge on any atom is -0.426 e. The largest absolute Gasteiger partial charge is 0.428 e. The van der Waals surface area contributed by atoms with Crippen LogP contribution < -0.4 is 0 Å². The van der Waals surface area contributed by atoms with Crippen LogP contribution in [-0.2, 0) is 18.2 Å². The molecule has 0 radical (unpaired) electrons. The van der Waals surface area contributed by atoms with Crippen molar-refractivity contribution in [2.24, 2.45) is 0 Å². The second-order valence-corrected chi connectivity index (χ2v) is 13.4. The van der Waals surface area contributed by atoms with Crippen molar-refractivity contribution >= 4 is 57.1 Å². The molecule has 0 amide bonds. The van der Waals surface area contributed by atoms with Crippen molar-refractivity contribution in [3.63, 3.8) is 0 Å². The molecule has 0 bridgehead atoms. The molecule has 1 aliphatic rings. The number of allylic oxidation sites excluding steroid dienone is 5. The molecule has 1 aromatic rings. The third-order valence-corrected chi connectivity index (χ3v) is 4.45. The van der Waals surface area contributed by atoms with Crippen molar-refractivity contribution in [2.45, 2.75) is 20.3 Å². The molecule has 0 fully saturated rings. The summed E-state index contributed by atoms with van der Waals surface area (Å²) >= 11 is 21.4. The Morgan fingerprint density at radius 2 is 1.28 bits per heavy atom. The molecule has 0 N–H and O–H groups in total.